The Bertz CT molecular complexity index is 1130. The number of methoxy groups -OCH3 is 1. The molecule has 168 valence electrons. The van der Waals surface area contributed by atoms with Crippen LogP contribution in [-0.4, -0.2) is 35.9 Å². The smallest absolute Gasteiger partial charge is 0.416 e. The molecule has 0 fully saturated rings. The zero-order chi connectivity index (χ0) is 23.1. The molecule has 0 unspecified atom stereocenters. The van der Waals surface area contributed by atoms with Gasteiger partial charge in [-0.3, -0.25) is 9.59 Å². The third-order valence-electron chi connectivity index (χ3n) is 4.43. The zero-order valence-corrected chi connectivity index (χ0v) is 17.1. The molecule has 1 aromatic heterocycles. The molecule has 0 spiro atoms. The Balaban J connectivity index is 1.53. The first-order valence-corrected chi connectivity index (χ1v) is 9.55. The number of alkyl halides is 3. The summed E-state index contributed by atoms with van der Waals surface area (Å²) in [6, 6.07) is 14.4. The molecule has 0 aliphatic rings. The van der Waals surface area contributed by atoms with Gasteiger partial charge >= 0.3 is 6.18 Å². The molecule has 0 radical (unpaired) electrons. The van der Waals surface area contributed by atoms with Gasteiger partial charge in [-0.25, -0.2) is 4.68 Å². The van der Waals surface area contributed by atoms with Crippen molar-refractivity contribution in [3.8, 4) is 22.8 Å². The van der Waals surface area contributed by atoms with Gasteiger partial charge in [0.15, 0.2) is 6.61 Å². The highest BCUT2D eigenvalue weighted by Crippen LogP contribution is 2.31. The summed E-state index contributed by atoms with van der Waals surface area (Å²) in [5.41, 5.74) is 0.166. The number of carbonyl (C=O) groups excluding carboxylic acids is 1. The maximum Gasteiger partial charge on any atom is 0.416 e. The third-order valence-corrected chi connectivity index (χ3v) is 4.43. The molecule has 0 atom stereocenters. The predicted molar refractivity (Wildman–Crippen MR) is 110 cm³/mol. The van der Waals surface area contributed by atoms with Gasteiger partial charge in [0, 0.05) is 18.2 Å². The lowest BCUT2D eigenvalue weighted by atomic mass is 10.1. The van der Waals surface area contributed by atoms with Crippen molar-refractivity contribution in [2.45, 2.75) is 12.7 Å². The van der Waals surface area contributed by atoms with Gasteiger partial charge < -0.3 is 14.8 Å². The number of amides is 1. The normalized spacial score (nSPS) is 11.1. The van der Waals surface area contributed by atoms with E-state index in [2.05, 4.69) is 10.4 Å². The van der Waals surface area contributed by atoms with Crippen LogP contribution in [0.3, 0.4) is 0 Å². The van der Waals surface area contributed by atoms with Crippen molar-refractivity contribution in [2.24, 2.45) is 0 Å². The lowest BCUT2D eigenvalue weighted by molar-refractivity contribution is -0.137. The number of aromatic nitrogens is 2. The maximum atomic E-state index is 12.7. The Morgan fingerprint density at radius 3 is 2.50 bits per heavy atom. The number of ether oxygens (including phenoxy) is 2. The fourth-order valence-corrected chi connectivity index (χ4v) is 2.79. The van der Waals surface area contributed by atoms with Crippen LogP contribution in [0.4, 0.5) is 13.2 Å². The van der Waals surface area contributed by atoms with Crippen LogP contribution >= 0.6 is 0 Å². The number of benzene rings is 2. The molecule has 1 N–H and O–H groups in total. The summed E-state index contributed by atoms with van der Waals surface area (Å²) >= 11 is 0. The van der Waals surface area contributed by atoms with Crippen LogP contribution in [0.1, 0.15) is 5.56 Å². The Morgan fingerprint density at radius 2 is 1.81 bits per heavy atom. The average Bonchev–Trinajstić information content (AvgIpc) is 2.78. The van der Waals surface area contributed by atoms with Gasteiger partial charge in [0.05, 0.1) is 24.9 Å². The third kappa shape index (κ3) is 6.10. The molecule has 1 amide bonds. The Kier molecular flexibility index (Phi) is 7.14. The maximum absolute atomic E-state index is 12.7. The molecular formula is C22H20F3N3O4. The Labute approximate surface area is 181 Å². The van der Waals surface area contributed by atoms with E-state index in [4.69, 9.17) is 9.47 Å². The molecule has 2 aromatic carbocycles. The van der Waals surface area contributed by atoms with E-state index < -0.39 is 24.3 Å². The molecular weight excluding hydrogens is 427 g/mol. The number of rotatable bonds is 8. The second kappa shape index (κ2) is 9.99. The molecule has 0 saturated heterocycles. The summed E-state index contributed by atoms with van der Waals surface area (Å²) in [5, 5.41) is 6.84. The highest BCUT2D eigenvalue weighted by Gasteiger charge is 2.30. The van der Waals surface area contributed by atoms with Crippen molar-refractivity contribution in [1.82, 2.24) is 15.1 Å². The first kappa shape index (κ1) is 22.9. The SMILES string of the molecule is COc1ccc(-c2ccc(=O)n(CCNC(=O)COc3cccc(C(F)(F)F)c3)n2)cc1. The van der Waals surface area contributed by atoms with Crippen molar-refractivity contribution in [2.75, 3.05) is 20.3 Å². The van der Waals surface area contributed by atoms with E-state index >= 15 is 0 Å². The largest absolute Gasteiger partial charge is 0.497 e. The number of carbonyl (C=O) groups is 1. The fraction of sp³-hybridized carbons (Fsp3) is 0.227. The van der Waals surface area contributed by atoms with Crippen molar-refractivity contribution < 1.29 is 27.4 Å². The lowest BCUT2D eigenvalue weighted by Crippen LogP contribution is -2.34. The number of nitrogens with one attached hydrogen (secondary N) is 1. The van der Waals surface area contributed by atoms with Gasteiger partial charge in [0.25, 0.3) is 11.5 Å². The number of hydrogen-bond acceptors (Lipinski definition) is 5. The Morgan fingerprint density at radius 1 is 1.06 bits per heavy atom. The second-order valence-electron chi connectivity index (χ2n) is 6.67. The molecule has 1 heterocycles. The summed E-state index contributed by atoms with van der Waals surface area (Å²) in [4.78, 5) is 24.0. The van der Waals surface area contributed by atoms with Gasteiger partial charge in [-0.1, -0.05) is 6.07 Å². The minimum atomic E-state index is -4.50. The highest BCUT2D eigenvalue weighted by molar-refractivity contribution is 5.77. The summed E-state index contributed by atoms with van der Waals surface area (Å²) in [5.74, 6) is 0.0824. The standard InChI is InChI=1S/C22H20F3N3O4/c1-31-17-7-5-15(6-8-17)19-9-10-21(30)28(27-19)12-11-26-20(29)14-32-18-4-2-3-16(13-18)22(23,24)25/h2-10,13H,11-12,14H2,1H3,(H,26,29). The second-order valence-corrected chi connectivity index (χ2v) is 6.67. The van der Waals surface area contributed by atoms with E-state index in [1.54, 1.807) is 25.3 Å². The van der Waals surface area contributed by atoms with Crippen molar-refractivity contribution >= 4 is 5.91 Å². The lowest BCUT2D eigenvalue weighted by Gasteiger charge is -2.11. The molecule has 0 aliphatic heterocycles. The summed E-state index contributed by atoms with van der Waals surface area (Å²) in [6.45, 7) is -0.266. The van der Waals surface area contributed by atoms with E-state index in [0.717, 1.165) is 17.7 Å². The van der Waals surface area contributed by atoms with Crippen molar-refractivity contribution in [3.05, 3.63) is 76.6 Å². The molecule has 10 heteroatoms. The zero-order valence-electron chi connectivity index (χ0n) is 17.1. The minimum Gasteiger partial charge on any atom is -0.497 e. The quantitative estimate of drug-likeness (QED) is 0.574. The summed E-state index contributed by atoms with van der Waals surface area (Å²) in [6.07, 6.45) is -4.50. The van der Waals surface area contributed by atoms with Crippen LogP contribution in [-0.2, 0) is 17.5 Å². The van der Waals surface area contributed by atoms with E-state index in [1.165, 1.54) is 22.9 Å². The fourth-order valence-electron chi connectivity index (χ4n) is 2.79. The van der Waals surface area contributed by atoms with Gasteiger partial charge in [0.1, 0.15) is 11.5 Å². The monoisotopic (exact) mass is 447 g/mol. The van der Waals surface area contributed by atoms with E-state index in [-0.39, 0.29) is 24.4 Å². The highest BCUT2D eigenvalue weighted by atomic mass is 19.4. The molecule has 32 heavy (non-hydrogen) atoms. The van der Waals surface area contributed by atoms with E-state index in [9.17, 15) is 22.8 Å². The summed E-state index contributed by atoms with van der Waals surface area (Å²) < 4.78 is 49.6. The van der Waals surface area contributed by atoms with Crippen LogP contribution in [0.5, 0.6) is 11.5 Å². The van der Waals surface area contributed by atoms with Gasteiger partial charge in [-0.05, 0) is 48.5 Å². The van der Waals surface area contributed by atoms with E-state index in [0.29, 0.717) is 11.4 Å². The Hall–Kier alpha value is -3.82. The van der Waals surface area contributed by atoms with E-state index in [1.807, 2.05) is 12.1 Å². The first-order valence-electron chi connectivity index (χ1n) is 9.55. The molecule has 0 aliphatic carbocycles. The van der Waals surface area contributed by atoms with Crippen LogP contribution in [0.25, 0.3) is 11.3 Å². The van der Waals surface area contributed by atoms with Gasteiger partial charge in [-0.2, -0.15) is 18.3 Å². The van der Waals surface area contributed by atoms with Crippen LogP contribution in [0.2, 0.25) is 0 Å². The van der Waals surface area contributed by atoms with Gasteiger partial charge in [0.2, 0.25) is 0 Å². The number of nitrogens with zero attached hydrogens (tertiary/aromatic N) is 2. The number of hydrogen-bond donors (Lipinski definition) is 1. The molecule has 0 saturated carbocycles. The molecule has 3 rings (SSSR count). The average molecular weight is 447 g/mol. The van der Waals surface area contributed by atoms with Crippen molar-refractivity contribution in [3.63, 3.8) is 0 Å². The van der Waals surface area contributed by atoms with Crippen LogP contribution in [0, 0.1) is 0 Å². The first-order chi connectivity index (χ1) is 15.3. The minimum absolute atomic E-state index is 0.0694. The topological polar surface area (TPSA) is 82.5 Å². The molecule has 0 bridgehead atoms. The predicted octanol–water partition coefficient (Wildman–Crippen LogP) is 3.13. The molecule has 7 nitrogen and oxygen atoms in total. The number of halogens is 3. The van der Waals surface area contributed by atoms with Crippen molar-refractivity contribution in [1.29, 1.82) is 0 Å². The van der Waals surface area contributed by atoms with Crippen LogP contribution < -0.4 is 20.3 Å². The van der Waals surface area contributed by atoms with Crippen LogP contribution in [0.15, 0.2) is 65.5 Å². The summed E-state index contributed by atoms with van der Waals surface area (Å²) in [7, 11) is 1.56. The molecule has 3 aromatic rings. The van der Waals surface area contributed by atoms with Gasteiger partial charge in [-0.15, -0.1) is 0 Å².